The van der Waals surface area contributed by atoms with E-state index in [1.54, 1.807) is 13.0 Å². The minimum atomic E-state index is -0.396. The maximum absolute atomic E-state index is 11.8. The van der Waals surface area contributed by atoms with Crippen molar-refractivity contribution in [3.63, 3.8) is 0 Å². The molecule has 1 heterocycles. The van der Waals surface area contributed by atoms with Crippen LogP contribution in [0.1, 0.15) is 49.9 Å². The Morgan fingerprint density at radius 3 is 3.05 bits per heavy atom. The van der Waals surface area contributed by atoms with Gasteiger partial charge in [-0.2, -0.15) is 0 Å². The third-order valence-electron chi connectivity index (χ3n) is 3.72. The number of ether oxygens (including phenoxy) is 1. The second-order valence-corrected chi connectivity index (χ2v) is 5.49. The fraction of sp³-hybridized carbons (Fsp3) is 0.600. The Bertz CT molecular complexity index is 476. The van der Waals surface area contributed by atoms with Crippen LogP contribution in [-0.4, -0.2) is 23.6 Å². The van der Waals surface area contributed by atoms with E-state index in [2.05, 4.69) is 17.2 Å². The first-order chi connectivity index (χ1) is 9.60. The van der Waals surface area contributed by atoms with Gasteiger partial charge in [-0.3, -0.25) is 0 Å². The topological polar surface area (TPSA) is 77.2 Å². The number of anilines is 2. The molecule has 1 aliphatic rings. The van der Waals surface area contributed by atoms with Gasteiger partial charge < -0.3 is 15.8 Å². The summed E-state index contributed by atoms with van der Waals surface area (Å²) in [5.74, 6) is 1.04. The molecule has 0 radical (unpaired) electrons. The van der Waals surface area contributed by atoms with Crippen LogP contribution in [0.15, 0.2) is 12.3 Å². The van der Waals surface area contributed by atoms with E-state index < -0.39 is 5.97 Å². The number of aromatic nitrogens is 1. The van der Waals surface area contributed by atoms with Crippen molar-refractivity contribution in [1.29, 1.82) is 0 Å². The van der Waals surface area contributed by atoms with Gasteiger partial charge >= 0.3 is 5.97 Å². The van der Waals surface area contributed by atoms with E-state index in [1.807, 2.05) is 0 Å². The lowest BCUT2D eigenvalue weighted by Gasteiger charge is -2.28. The van der Waals surface area contributed by atoms with Crippen LogP contribution in [0.3, 0.4) is 0 Å². The zero-order valence-electron chi connectivity index (χ0n) is 12.2. The van der Waals surface area contributed by atoms with Gasteiger partial charge in [-0.05, 0) is 31.7 Å². The normalized spacial score (nSPS) is 22.3. The number of nitrogens with two attached hydrogens (primary N) is 1. The molecule has 0 saturated heterocycles. The Morgan fingerprint density at radius 1 is 1.55 bits per heavy atom. The predicted molar refractivity (Wildman–Crippen MR) is 79.6 cm³/mol. The molecule has 1 aliphatic carbocycles. The highest BCUT2D eigenvalue weighted by molar-refractivity contribution is 5.95. The van der Waals surface area contributed by atoms with Crippen LogP contribution in [0.2, 0.25) is 0 Å². The third-order valence-corrected chi connectivity index (χ3v) is 3.72. The first-order valence-corrected chi connectivity index (χ1v) is 7.29. The van der Waals surface area contributed by atoms with Crippen LogP contribution in [-0.2, 0) is 4.74 Å². The molecular formula is C15H23N3O2. The standard InChI is InChI=1S/C15H23N3O2/c1-3-20-15(19)12-8-14(17-9-13(12)16)18-11-6-4-5-10(2)7-11/h8-11H,3-7,16H2,1-2H3,(H,17,18). The molecule has 2 unspecified atom stereocenters. The summed E-state index contributed by atoms with van der Waals surface area (Å²) >= 11 is 0. The monoisotopic (exact) mass is 277 g/mol. The molecule has 2 rings (SSSR count). The third kappa shape index (κ3) is 3.62. The maximum Gasteiger partial charge on any atom is 0.340 e. The van der Waals surface area contributed by atoms with E-state index in [1.165, 1.54) is 19.0 Å². The molecule has 5 heteroatoms. The molecule has 20 heavy (non-hydrogen) atoms. The number of carbonyl (C=O) groups is 1. The van der Waals surface area contributed by atoms with Gasteiger partial charge in [-0.1, -0.05) is 19.8 Å². The van der Waals surface area contributed by atoms with E-state index in [9.17, 15) is 4.79 Å². The number of rotatable bonds is 4. The molecular weight excluding hydrogens is 254 g/mol. The lowest BCUT2D eigenvalue weighted by atomic mass is 9.87. The number of hydrogen-bond acceptors (Lipinski definition) is 5. The number of hydrogen-bond donors (Lipinski definition) is 2. The molecule has 1 aromatic rings. The van der Waals surface area contributed by atoms with E-state index in [0.717, 1.165) is 18.8 Å². The molecule has 0 bridgehead atoms. The first kappa shape index (κ1) is 14.6. The van der Waals surface area contributed by atoms with Crippen molar-refractivity contribution in [2.75, 3.05) is 17.7 Å². The molecule has 1 saturated carbocycles. The zero-order valence-corrected chi connectivity index (χ0v) is 12.2. The summed E-state index contributed by atoms with van der Waals surface area (Å²) in [5.41, 5.74) is 6.52. The largest absolute Gasteiger partial charge is 0.462 e. The molecule has 0 amide bonds. The number of esters is 1. The average Bonchev–Trinajstić information content (AvgIpc) is 2.41. The van der Waals surface area contributed by atoms with Crippen molar-refractivity contribution in [2.24, 2.45) is 5.92 Å². The summed E-state index contributed by atoms with van der Waals surface area (Å²) in [6.45, 7) is 4.38. The van der Waals surface area contributed by atoms with Crippen molar-refractivity contribution in [3.05, 3.63) is 17.8 Å². The molecule has 1 aromatic heterocycles. The highest BCUT2D eigenvalue weighted by Crippen LogP contribution is 2.26. The number of nitrogens with zero attached hydrogens (tertiary/aromatic N) is 1. The van der Waals surface area contributed by atoms with E-state index in [4.69, 9.17) is 10.5 Å². The van der Waals surface area contributed by atoms with Crippen molar-refractivity contribution in [3.8, 4) is 0 Å². The average molecular weight is 277 g/mol. The number of nitrogen functional groups attached to an aromatic ring is 1. The molecule has 5 nitrogen and oxygen atoms in total. The summed E-state index contributed by atoms with van der Waals surface area (Å²) < 4.78 is 5.00. The Labute approximate surface area is 119 Å². The number of carbonyl (C=O) groups excluding carboxylic acids is 1. The summed E-state index contributed by atoms with van der Waals surface area (Å²) in [6, 6.07) is 2.11. The van der Waals surface area contributed by atoms with E-state index in [0.29, 0.717) is 29.7 Å². The lowest BCUT2D eigenvalue weighted by Crippen LogP contribution is -2.26. The minimum absolute atomic E-state index is 0.337. The highest BCUT2D eigenvalue weighted by Gasteiger charge is 2.20. The van der Waals surface area contributed by atoms with Gasteiger partial charge in [0.15, 0.2) is 0 Å². The van der Waals surface area contributed by atoms with Crippen molar-refractivity contribution >= 4 is 17.5 Å². The Balaban J connectivity index is 2.08. The summed E-state index contributed by atoms with van der Waals surface area (Å²) in [6.07, 6.45) is 6.33. The number of nitrogens with one attached hydrogen (secondary N) is 1. The molecule has 3 N–H and O–H groups in total. The second kappa shape index (κ2) is 6.59. The SMILES string of the molecule is CCOC(=O)c1cc(NC2CCCC(C)C2)ncc1N. The van der Waals surface area contributed by atoms with Crippen LogP contribution in [0.5, 0.6) is 0 Å². The van der Waals surface area contributed by atoms with Gasteiger partial charge in [0.2, 0.25) is 0 Å². The summed E-state index contributed by atoms with van der Waals surface area (Å²) in [5, 5.41) is 3.40. The van der Waals surface area contributed by atoms with E-state index in [-0.39, 0.29) is 0 Å². The summed E-state index contributed by atoms with van der Waals surface area (Å²) in [7, 11) is 0. The minimum Gasteiger partial charge on any atom is -0.462 e. The lowest BCUT2D eigenvalue weighted by molar-refractivity contribution is 0.0527. The number of pyridine rings is 1. The van der Waals surface area contributed by atoms with Crippen LogP contribution >= 0.6 is 0 Å². The Kier molecular flexibility index (Phi) is 4.82. The fourth-order valence-corrected chi connectivity index (χ4v) is 2.70. The maximum atomic E-state index is 11.8. The molecule has 2 atom stereocenters. The van der Waals surface area contributed by atoms with Crippen LogP contribution in [0.25, 0.3) is 0 Å². The van der Waals surface area contributed by atoms with Gasteiger partial charge in [-0.15, -0.1) is 0 Å². The van der Waals surface area contributed by atoms with E-state index >= 15 is 0 Å². The van der Waals surface area contributed by atoms with Crippen LogP contribution in [0, 0.1) is 5.92 Å². The van der Waals surface area contributed by atoms with Gasteiger partial charge in [0.25, 0.3) is 0 Å². The predicted octanol–water partition coefficient (Wildman–Crippen LogP) is 2.83. The van der Waals surface area contributed by atoms with Crippen molar-refractivity contribution in [1.82, 2.24) is 4.98 Å². The first-order valence-electron chi connectivity index (χ1n) is 7.29. The molecule has 0 spiro atoms. The van der Waals surface area contributed by atoms with Crippen LogP contribution < -0.4 is 11.1 Å². The smallest absolute Gasteiger partial charge is 0.340 e. The van der Waals surface area contributed by atoms with Crippen LogP contribution in [0.4, 0.5) is 11.5 Å². The van der Waals surface area contributed by atoms with Gasteiger partial charge in [0.1, 0.15) is 5.82 Å². The fourth-order valence-electron chi connectivity index (χ4n) is 2.70. The van der Waals surface area contributed by atoms with Crippen molar-refractivity contribution < 1.29 is 9.53 Å². The molecule has 110 valence electrons. The summed E-state index contributed by atoms with van der Waals surface area (Å²) in [4.78, 5) is 16.1. The van der Waals surface area contributed by atoms with Gasteiger partial charge in [0.05, 0.1) is 24.1 Å². The quantitative estimate of drug-likeness (QED) is 0.827. The zero-order chi connectivity index (χ0) is 14.5. The molecule has 1 fully saturated rings. The molecule has 0 aromatic carbocycles. The van der Waals surface area contributed by atoms with Gasteiger partial charge in [0, 0.05) is 6.04 Å². The Hall–Kier alpha value is -1.78. The van der Waals surface area contributed by atoms with Gasteiger partial charge in [-0.25, -0.2) is 9.78 Å². The van der Waals surface area contributed by atoms with Crippen molar-refractivity contribution in [2.45, 2.75) is 45.6 Å². The Morgan fingerprint density at radius 2 is 2.35 bits per heavy atom. The highest BCUT2D eigenvalue weighted by atomic mass is 16.5. The molecule has 0 aliphatic heterocycles. The second-order valence-electron chi connectivity index (χ2n) is 5.49.